The van der Waals surface area contributed by atoms with Gasteiger partial charge < -0.3 is 15.5 Å². The molecule has 2 aliphatic heterocycles. The van der Waals surface area contributed by atoms with Crippen LogP contribution in [0.15, 0.2) is 31.1 Å². The van der Waals surface area contributed by atoms with Gasteiger partial charge in [-0.2, -0.15) is 0 Å². The highest BCUT2D eigenvalue weighted by molar-refractivity contribution is 5.66. The number of likely N-dealkylation sites (tertiary alicyclic amines) is 1. The molecule has 8 heteroatoms. The molecule has 4 rings (SSSR count). The summed E-state index contributed by atoms with van der Waals surface area (Å²) in [5.41, 5.74) is 9.59. The van der Waals surface area contributed by atoms with Gasteiger partial charge in [0, 0.05) is 67.9 Å². The summed E-state index contributed by atoms with van der Waals surface area (Å²) in [5.74, 6) is 1.27. The Bertz CT molecular complexity index is 1100. The Balaban J connectivity index is 1.51. The van der Waals surface area contributed by atoms with Crippen LogP contribution >= 0.6 is 0 Å². The molecule has 3 heterocycles. The summed E-state index contributed by atoms with van der Waals surface area (Å²) >= 11 is 0. The van der Waals surface area contributed by atoms with Crippen molar-refractivity contribution >= 4 is 11.5 Å². The van der Waals surface area contributed by atoms with E-state index in [0.29, 0.717) is 23.8 Å². The average molecular weight is 524 g/mol. The Morgan fingerprint density at radius 1 is 1.21 bits per heavy atom. The van der Waals surface area contributed by atoms with Gasteiger partial charge in [-0.25, -0.2) is 9.37 Å². The summed E-state index contributed by atoms with van der Waals surface area (Å²) in [7, 11) is 0. The molecule has 1 aromatic heterocycles. The highest BCUT2D eigenvalue weighted by atomic mass is 19.1. The second-order valence-corrected chi connectivity index (χ2v) is 11.9. The van der Waals surface area contributed by atoms with E-state index in [-0.39, 0.29) is 11.9 Å². The van der Waals surface area contributed by atoms with Gasteiger partial charge >= 0.3 is 0 Å². The third-order valence-electron chi connectivity index (χ3n) is 8.48. The van der Waals surface area contributed by atoms with E-state index in [1.165, 1.54) is 12.5 Å². The van der Waals surface area contributed by atoms with Gasteiger partial charge in [0.25, 0.3) is 0 Å². The molecule has 38 heavy (non-hydrogen) atoms. The molecule has 0 bridgehead atoms. The summed E-state index contributed by atoms with van der Waals surface area (Å²) < 4.78 is 14.4. The van der Waals surface area contributed by atoms with Gasteiger partial charge in [-0.15, -0.1) is 10.2 Å². The zero-order valence-corrected chi connectivity index (χ0v) is 24.0. The minimum Gasteiger partial charge on any atom is -0.369 e. The molecule has 7 nitrogen and oxygen atoms in total. The SMILES string of the molecule is C=C(c1cc(F)ccc1Cc1nncnc1N1CCC2(C1)CN(C(CCCN)C(C)C)C2)N(CC)C(C)C. The Morgan fingerprint density at radius 3 is 2.63 bits per heavy atom. The van der Waals surface area contributed by atoms with Gasteiger partial charge in [0.15, 0.2) is 5.82 Å². The van der Waals surface area contributed by atoms with E-state index in [0.717, 1.165) is 80.4 Å². The molecule has 208 valence electrons. The average Bonchev–Trinajstić information content (AvgIpc) is 3.31. The number of rotatable bonds is 12. The minimum atomic E-state index is -0.260. The first-order valence-electron chi connectivity index (χ1n) is 14.3. The van der Waals surface area contributed by atoms with Crippen LogP contribution in [0.2, 0.25) is 0 Å². The standard InChI is InChI=1S/C30H46FN7/c1-7-38(22(4)5)23(6)26-16-25(31)11-10-24(26)15-27-29(33-20-34-35-27)36-14-12-30(17-36)18-37(19-30)28(21(2)3)9-8-13-32/h10-11,16,20-22,28H,6-9,12-15,17-19,32H2,1-5H3. The van der Waals surface area contributed by atoms with Crippen LogP contribution in [-0.2, 0) is 6.42 Å². The molecule has 2 aromatic rings. The smallest absolute Gasteiger partial charge is 0.154 e. The van der Waals surface area contributed by atoms with E-state index in [4.69, 9.17) is 10.7 Å². The lowest BCUT2D eigenvalue weighted by Gasteiger charge is -2.53. The van der Waals surface area contributed by atoms with E-state index in [1.54, 1.807) is 12.4 Å². The summed E-state index contributed by atoms with van der Waals surface area (Å²) in [6.07, 6.45) is 5.49. The molecule has 1 atom stereocenters. The second-order valence-electron chi connectivity index (χ2n) is 11.9. The molecule has 0 radical (unpaired) electrons. The lowest BCUT2D eigenvalue weighted by atomic mass is 9.76. The van der Waals surface area contributed by atoms with Crippen LogP contribution in [0.3, 0.4) is 0 Å². The van der Waals surface area contributed by atoms with E-state index in [1.807, 2.05) is 6.07 Å². The predicted molar refractivity (Wildman–Crippen MR) is 153 cm³/mol. The van der Waals surface area contributed by atoms with Gasteiger partial charge in [0.05, 0.1) is 0 Å². The largest absolute Gasteiger partial charge is 0.369 e. The molecule has 1 spiro atoms. The molecule has 0 aliphatic carbocycles. The highest BCUT2D eigenvalue weighted by Crippen LogP contribution is 2.43. The lowest BCUT2D eigenvalue weighted by molar-refractivity contribution is -0.0337. The fourth-order valence-corrected chi connectivity index (χ4v) is 6.54. The molecular weight excluding hydrogens is 477 g/mol. The van der Waals surface area contributed by atoms with Gasteiger partial charge in [0.2, 0.25) is 0 Å². The molecule has 0 saturated carbocycles. The highest BCUT2D eigenvalue weighted by Gasteiger charge is 2.50. The Morgan fingerprint density at radius 2 is 1.97 bits per heavy atom. The number of benzene rings is 1. The molecular formula is C30H46FN7. The molecule has 2 fully saturated rings. The van der Waals surface area contributed by atoms with Crippen molar-refractivity contribution in [2.45, 2.75) is 72.4 Å². The van der Waals surface area contributed by atoms with Crippen molar-refractivity contribution in [3.8, 4) is 0 Å². The van der Waals surface area contributed by atoms with Crippen molar-refractivity contribution in [3.63, 3.8) is 0 Å². The number of anilines is 1. The van der Waals surface area contributed by atoms with Gasteiger partial charge in [-0.3, -0.25) is 4.90 Å². The predicted octanol–water partition coefficient (Wildman–Crippen LogP) is 4.58. The maximum atomic E-state index is 14.4. The number of nitrogens with two attached hydrogens (primary N) is 1. The summed E-state index contributed by atoms with van der Waals surface area (Å²) in [6.45, 7) is 21.1. The summed E-state index contributed by atoms with van der Waals surface area (Å²) in [6, 6.07) is 5.84. The monoisotopic (exact) mass is 523 g/mol. The Labute approximate surface area is 228 Å². The number of halogens is 1. The zero-order valence-electron chi connectivity index (χ0n) is 24.0. The van der Waals surface area contributed by atoms with Crippen LogP contribution in [0.5, 0.6) is 0 Å². The lowest BCUT2D eigenvalue weighted by Crippen LogP contribution is -2.62. The van der Waals surface area contributed by atoms with E-state index in [2.05, 4.69) is 66.1 Å². The van der Waals surface area contributed by atoms with Crippen LogP contribution in [0.4, 0.5) is 10.2 Å². The van der Waals surface area contributed by atoms with E-state index < -0.39 is 0 Å². The summed E-state index contributed by atoms with van der Waals surface area (Å²) in [5, 5.41) is 8.64. The molecule has 1 unspecified atom stereocenters. The third-order valence-corrected chi connectivity index (χ3v) is 8.48. The van der Waals surface area contributed by atoms with Crippen molar-refractivity contribution < 1.29 is 4.39 Å². The van der Waals surface area contributed by atoms with Crippen molar-refractivity contribution in [2.24, 2.45) is 17.1 Å². The Hall–Kier alpha value is -2.58. The maximum Gasteiger partial charge on any atom is 0.154 e. The quantitative estimate of drug-likeness (QED) is 0.437. The van der Waals surface area contributed by atoms with E-state index >= 15 is 0 Å². The fraction of sp³-hybridized carbons (Fsp3) is 0.633. The van der Waals surface area contributed by atoms with Crippen molar-refractivity contribution in [2.75, 3.05) is 44.2 Å². The number of hydrogen-bond acceptors (Lipinski definition) is 7. The molecule has 2 saturated heterocycles. The first kappa shape index (κ1) is 28.4. The van der Waals surface area contributed by atoms with Crippen molar-refractivity contribution in [1.82, 2.24) is 25.0 Å². The molecule has 2 N–H and O–H groups in total. The van der Waals surface area contributed by atoms with Crippen LogP contribution in [0.1, 0.15) is 70.7 Å². The first-order chi connectivity index (χ1) is 18.2. The normalized spacial score (nSPS) is 17.9. The van der Waals surface area contributed by atoms with Crippen molar-refractivity contribution in [1.29, 1.82) is 0 Å². The van der Waals surface area contributed by atoms with Crippen LogP contribution < -0.4 is 10.6 Å². The zero-order chi connectivity index (χ0) is 27.4. The maximum absolute atomic E-state index is 14.4. The molecule has 2 aliphatic rings. The third kappa shape index (κ3) is 6.01. The number of hydrogen-bond donors (Lipinski definition) is 1. The molecule has 0 amide bonds. The number of nitrogens with zero attached hydrogens (tertiary/aromatic N) is 6. The minimum absolute atomic E-state index is 0.260. The topological polar surface area (TPSA) is 74.4 Å². The summed E-state index contributed by atoms with van der Waals surface area (Å²) in [4.78, 5) is 11.9. The van der Waals surface area contributed by atoms with Gasteiger partial charge in [-0.1, -0.05) is 26.5 Å². The Kier molecular flexibility index (Phi) is 9.04. The number of aromatic nitrogens is 3. The van der Waals surface area contributed by atoms with Gasteiger partial charge in [0.1, 0.15) is 17.8 Å². The van der Waals surface area contributed by atoms with Crippen LogP contribution in [0.25, 0.3) is 5.70 Å². The second kappa shape index (κ2) is 12.1. The van der Waals surface area contributed by atoms with E-state index in [9.17, 15) is 4.39 Å². The fourth-order valence-electron chi connectivity index (χ4n) is 6.54. The first-order valence-corrected chi connectivity index (χ1v) is 14.3. The van der Waals surface area contributed by atoms with Crippen LogP contribution in [-0.4, -0.2) is 76.3 Å². The van der Waals surface area contributed by atoms with Crippen LogP contribution in [0, 0.1) is 17.2 Å². The molecule has 1 aromatic carbocycles. The van der Waals surface area contributed by atoms with Crippen molar-refractivity contribution in [3.05, 3.63) is 53.7 Å². The van der Waals surface area contributed by atoms with Gasteiger partial charge in [-0.05, 0) is 70.2 Å².